The van der Waals surface area contributed by atoms with Crippen molar-refractivity contribution in [1.29, 1.82) is 5.26 Å². The lowest BCUT2D eigenvalue weighted by Gasteiger charge is -2.26. The van der Waals surface area contributed by atoms with Gasteiger partial charge >= 0.3 is 0 Å². The number of hydrogen-bond donors (Lipinski definition) is 1. The molecule has 0 fully saturated rings. The van der Waals surface area contributed by atoms with Crippen molar-refractivity contribution in [3.63, 3.8) is 0 Å². The predicted octanol–water partition coefficient (Wildman–Crippen LogP) is 5.35. The molecular formula is C22H18Cl2N4O. The molecule has 29 heavy (non-hydrogen) atoms. The maximum Gasteiger partial charge on any atom is 0.229 e. The van der Waals surface area contributed by atoms with Gasteiger partial charge in [0, 0.05) is 15.6 Å². The summed E-state index contributed by atoms with van der Waals surface area (Å²) in [4.78, 5) is 0. The summed E-state index contributed by atoms with van der Waals surface area (Å²) in [5, 5.41) is 15.6. The summed E-state index contributed by atoms with van der Waals surface area (Å²) >= 11 is 13.1. The number of hydrogen-bond acceptors (Lipinski definition) is 4. The third kappa shape index (κ3) is 3.25. The Kier molecular flexibility index (Phi) is 5.23. The van der Waals surface area contributed by atoms with Crippen LogP contribution < -0.4 is 10.5 Å². The second-order valence-corrected chi connectivity index (χ2v) is 7.54. The van der Waals surface area contributed by atoms with Crippen molar-refractivity contribution in [3.8, 4) is 17.6 Å². The van der Waals surface area contributed by atoms with E-state index in [1.165, 1.54) is 0 Å². The summed E-state index contributed by atoms with van der Waals surface area (Å²) in [5.74, 6) is -0.0396. The van der Waals surface area contributed by atoms with Crippen LogP contribution in [0, 0.1) is 11.3 Å². The molecule has 1 aliphatic rings. The fraction of sp³-hybridized carbons (Fsp3) is 0.182. The standard InChI is InChI=1S/C22H18Cl2N4O/c1-2-7-17-20-18(19-15(23)10-6-11-16(19)24)14(12-25)21(26)29-22(20)28(27-17)13-8-4-3-5-9-13/h3-6,8-11,18H,2,7,26H2,1H3/t18-/m1/s1. The average molecular weight is 425 g/mol. The van der Waals surface area contributed by atoms with Crippen LogP contribution in [-0.2, 0) is 6.42 Å². The molecule has 146 valence electrons. The number of benzene rings is 2. The Morgan fingerprint density at radius 1 is 1.10 bits per heavy atom. The fourth-order valence-corrected chi connectivity index (χ4v) is 4.27. The Morgan fingerprint density at radius 3 is 2.41 bits per heavy atom. The van der Waals surface area contributed by atoms with Crippen LogP contribution in [-0.4, -0.2) is 9.78 Å². The minimum atomic E-state index is -0.552. The van der Waals surface area contributed by atoms with Gasteiger partial charge in [-0.3, -0.25) is 0 Å². The fourth-order valence-electron chi connectivity index (χ4n) is 3.65. The molecule has 0 bridgehead atoms. The molecule has 1 aliphatic heterocycles. The molecule has 4 rings (SSSR count). The SMILES string of the molecule is CCCc1nn(-c2ccccc2)c2c1[C@@H](c1c(Cl)cccc1Cl)C(C#N)=C(N)O2. The Labute approximate surface area is 178 Å². The maximum absolute atomic E-state index is 9.86. The van der Waals surface area contributed by atoms with Gasteiger partial charge in [0.2, 0.25) is 11.8 Å². The van der Waals surface area contributed by atoms with E-state index in [2.05, 4.69) is 13.0 Å². The molecule has 0 amide bonds. The van der Waals surface area contributed by atoms with Crippen LogP contribution >= 0.6 is 23.2 Å². The van der Waals surface area contributed by atoms with E-state index in [0.717, 1.165) is 23.4 Å². The van der Waals surface area contributed by atoms with E-state index in [1.807, 2.05) is 30.3 Å². The van der Waals surface area contributed by atoms with Gasteiger partial charge in [0.25, 0.3) is 0 Å². The lowest BCUT2D eigenvalue weighted by atomic mass is 9.83. The number of para-hydroxylation sites is 1. The zero-order valence-corrected chi connectivity index (χ0v) is 17.2. The van der Waals surface area contributed by atoms with Crippen molar-refractivity contribution in [2.24, 2.45) is 5.73 Å². The van der Waals surface area contributed by atoms with Crippen LogP contribution in [0.4, 0.5) is 0 Å². The van der Waals surface area contributed by atoms with Crippen molar-refractivity contribution >= 4 is 23.2 Å². The van der Waals surface area contributed by atoms with Gasteiger partial charge < -0.3 is 10.5 Å². The number of ether oxygens (including phenoxy) is 1. The molecule has 5 nitrogen and oxygen atoms in total. The van der Waals surface area contributed by atoms with Crippen molar-refractivity contribution < 1.29 is 4.74 Å². The molecule has 0 unspecified atom stereocenters. The monoisotopic (exact) mass is 424 g/mol. The lowest BCUT2D eigenvalue weighted by Crippen LogP contribution is -2.22. The molecule has 1 aromatic heterocycles. The van der Waals surface area contributed by atoms with Crippen molar-refractivity contribution in [2.45, 2.75) is 25.7 Å². The Morgan fingerprint density at radius 2 is 1.79 bits per heavy atom. The van der Waals surface area contributed by atoms with Gasteiger partial charge in [-0.25, -0.2) is 4.68 Å². The average Bonchev–Trinajstić information content (AvgIpc) is 3.06. The van der Waals surface area contributed by atoms with Crippen LogP contribution in [0.2, 0.25) is 10.0 Å². The van der Waals surface area contributed by atoms with Gasteiger partial charge in [-0.1, -0.05) is 60.8 Å². The van der Waals surface area contributed by atoms with E-state index in [4.69, 9.17) is 38.8 Å². The molecule has 0 radical (unpaired) electrons. The number of halogens is 2. The molecule has 0 spiro atoms. The largest absolute Gasteiger partial charge is 0.422 e. The molecule has 3 aromatic rings. The van der Waals surface area contributed by atoms with Crippen molar-refractivity contribution in [2.75, 3.05) is 0 Å². The highest BCUT2D eigenvalue weighted by atomic mass is 35.5. The van der Waals surface area contributed by atoms with Crippen molar-refractivity contribution in [3.05, 3.63) is 86.9 Å². The summed E-state index contributed by atoms with van der Waals surface area (Å²) in [6.07, 6.45) is 1.59. The first-order valence-electron chi connectivity index (χ1n) is 9.25. The summed E-state index contributed by atoms with van der Waals surface area (Å²) in [7, 11) is 0. The molecule has 2 heterocycles. The predicted molar refractivity (Wildman–Crippen MR) is 113 cm³/mol. The number of nitrogens with zero attached hydrogens (tertiary/aromatic N) is 3. The molecule has 2 N–H and O–H groups in total. The number of fused-ring (bicyclic) bond motifs is 1. The number of aryl methyl sites for hydroxylation is 1. The highest BCUT2D eigenvalue weighted by molar-refractivity contribution is 6.36. The van der Waals surface area contributed by atoms with Crippen LogP contribution in [0.25, 0.3) is 5.69 Å². The molecule has 0 saturated heterocycles. The maximum atomic E-state index is 9.86. The Balaban J connectivity index is 2.04. The topological polar surface area (TPSA) is 76.9 Å². The van der Waals surface area contributed by atoms with Gasteiger partial charge in [-0.2, -0.15) is 10.4 Å². The Hall–Kier alpha value is -2.94. The van der Waals surface area contributed by atoms with E-state index in [9.17, 15) is 5.26 Å². The van der Waals surface area contributed by atoms with Crippen molar-refractivity contribution in [1.82, 2.24) is 9.78 Å². The smallest absolute Gasteiger partial charge is 0.229 e. The number of allylic oxidation sites excluding steroid dienone is 1. The van der Waals surface area contributed by atoms with Gasteiger partial charge in [0.15, 0.2) is 0 Å². The second kappa shape index (κ2) is 7.82. The van der Waals surface area contributed by atoms with Gasteiger partial charge in [-0.05, 0) is 30.7 Å². The molecular weight excluding hydrogens is 407 g/mol. The molecule has 7 heteroatoms. The van der Waals surface area contributed by atoms with Gasteiger partial charge in [-0.15, -0.1) is 0 Å². The van der Waals surface area contributed by atoms with E-state index >= 15 is 0 Å². The van der Waals surface area contributed by atoms with E-state index in [0.29, 0.717) is 27.9 Å². The molecule has 0 aliphatic carbocycles. The first-order valence-corrected chi connectivity index (χ1v) is 10.0. The van der Waals surface area contributed by atoms with Crippen LogP contribution in [0.15, 0.2) is 60.0 Å². The first-order chi connectivity index (χ1) is 14.1. The quantitative estimate of drug-likeness (QED) is 0.611. The summed E-state index contributed by atoms with van der Waals surface area (Å²) < 4.78 is 7.65. The zero-order valence-electron chi connectivity index (χ0n) is 15.7. The number of nitriles is 1. The summed E-state index contributed by atoms with van der Waals surface area (Å²) in [5.41, 5.74) is 9.51. The molecule has 0 saturated carbocycles. The normalized spacial score (nSPS) is 15.6. The van der Waals surface area contributed by atoms with Crippen LogP contribution in [0.1, 0.15) is 36.1 Å². The molecule has 2 aromatic carbocycles. The highest BCUT2D eigenvalue weighted by Gasteiger charge is 2.38. The van der Waals surface area contributed by atoms with Crippen LogP contribution in [0.3, 0.4) is 0 Å². The number of rotatable bonds is 4. The minimum absolute atomic E-state index is 0.0288. The first kappa shape index (κ1) is 19.4. The van der Waals surface area contributed by atoms with E-state index in [1.54, 1.807) is 22.9 Å². The minimum Gasteiger partial charge on any atom is -0.422 e. The Bertz CT molecular complexity index is 1130. The highest BCUT2D eigenvalue weighted by Crippen LogP contribution is 2.48. The lowest BCUT2D eigenvalue weighted by molar-refractivity contribution is 0.367. The van der Waals surface area contributed by atoms with E-state index < -0.39 is 5.92 Å². The third-order valence-electron chi connectivity index (χ3n) is 4.90. The van der Waals surface area contributed by atoms with Gasteiger partial charge in [0.1, 0.15) is 11.6 Å². The molecule has 1 atom stereocenters. The number of nitrogens with two attached hydrogens (primary N) is 1. The summed E-state index contributed by atoms with van der Waals surface area (Å²) in [6, 6.07) is 17.1. The third-order valence-corrected chi connectivity index (χ3v) is 5.56. The van der Waals surface area contributed by atoms with E-state index in [-0.39, 0.29) is 11.5 Å². The second-order valence-electron chi connectivity index (χ2n) is 6.72. The summed E-state index contributed by atoms with van der Waals surface area (Å²) in [6.45, 7) is 2.07. The number of aromatic nitrogens is 2. The van der Waals surface area contributed by atoms with Gasteiger partial charge in [0.05, 0.1) is 22.9 Å². The zero-order chi connectivity index (χ0) is 20.5. The van der Waals surface area contributed by atoms with Crippen LogP contribution in [0.5, 0.6) is 5.88 Å².